The van der Waals surface area contributed by atoms with E-state index in [9.17, 15) is 14.3 Å². The summed E-state index contributed by atoms with van der Waals surface area (Å²) in [5, 5.41) is 10.6. The molecule has 4 fully saturated rings. The van der Waals surface area contributed by atoms with Crippen molar-refractivity contribution in [2.75, 3.05) is 0 Å². The molecular weight excluding hydrogens is 291 g/mol. The van der Waals surface area contributed by atoms with Crippen molar-refractivity contribution in [3.05, 3.63) is 11.4 Å². The SMILES string of the molecule is C[C@]12CCC(=O)C(F)=C1CCC1C2CC[C@]2(C)[C@H](O)C[C@H]3C[C@]132. The Labute approximate surface area is 137 Å². The van der Waals surface area contributed by atoms with Crippen LogP contribution in [0.3, 0.4) is 0 Å². The van der Waals surface area contributed by atoms with Gasteiger partial charge in [0, 0.05) is 6.42 Å². The van der Waals surface area contributed by atoms with E-state index >= 15 is 0 Å². The molecular formula is C20H27FO2. The lowest BCUT2D eigenvalue weighted by molar-refractivity contribution is -0.123. The minimum atomic E-state index is -0.401. The van der Waals surface area contributed by atoms with Gasteiger partial charge in [0.1, 0.15) is 0 Å². The number of rotatable bonds is 0. The quantitative estimate of drug-likeness (QED) is 0.727. The van der Waals surface area contributed by atoms with E-state index in [1.807, 2.05) is 0 Å². The van der Waals surface area contributed by atoms with Crippen LogP contribution in [0.2, 0.25) is 0 Å². The topological polar surface area (TPSA) is 37.3 Å². The van der Waals surface area contributed by atoms with Crippen LogP contribution in [-0.2, 0) is 4.79 Å². The summed E-state index contributed by atoms with van der Waals surface area (Å²) in [6, 6.07) is 0. The number of allylic oxidation sites excluding steroid dienone is 1. The molecule has 2 nitrogen and oxygen atoms in total. The van der Waals surface area contributed by atoms with Crippen LogP contribution < -0.4 is 0 Å². The predicted octanol–water partition coefficient (Wildman–Crippen LogP) is 4.18. The number of ketones is 1. The van der Waals surface area contributed by atoms with E-state index in [0.29, 0.717) is 29.6 Å². The molecule has 5 rings (SSSR count). The number of aliphatic hydroxyl groups is 1. The van der Waals surface area contributed by atoms with Gasteiger partial charge in [-0.2, -0.15) is 0 Å². The van der Waals surface area contributed by atoms with Gasteiger partial charge in [0.25, 0.3) is 0 Å². The summed E-state index contributed by atoms with van der Waals surface area (Å²) in [6.45, 7) is 4.55. The van der Waals surface area contributed by atoms with Gasteiger partial charge in [-0.05, 0) is 84.5 Å². The van der Waals surface area contributed by atoms with Crippen LogP contribution in [0.5, 0.6) is 0 Å². The Bertz CT molecular complexity index is 640. The van der Waals surface area contributed by atoms with Crippen LogP contribution in [0.1, 0.15) is 65.2 Å². The van der Waals surface area contributed by atoms with Gasteiger partial charge < -0.3 is 5.11 Å². The van der Waals surface area contributed by atoms with Gasteiger partial charge in [-0.15, -0.1) is 0 Å². The lowest BCUT2D eigenvalue weighted by Crippen LogP contribution is -2.54. The molecule has 5 aliphatic carbocycles. The Balaban J connectivity index is 1.59. The molecule has 23 heavy (non-hydrogen) atoms. The van der Waals surface area contributed by atoms with Crippen molar-refractivity contribution in [3.8, 4) is 0 Å². The lowest BCUT2D eigenvalue weighted by Gasteiger charge is -2.59. The van der Waals surface area contributed by atoms with Crippen LogP contribution in [0, 0.1) is 34.0 Å². The molecule has 0 amide bonds. The van der Waals surface area contributed by atoms with Crippen LogP contribution in [0.25, 0.3) is 0 Å². The molecule has 0 saturated heterocycles. The zero-order valence-corrected chi connectivity index (χ0v) is 14.2. The minimum absolute atomic E-state index is 0.0828. The van der Waals surface area contributed by atoms with Crippen LogP contribution in [0.4, 0.5) is 4.39 Å². The second-order valence-electron chi connectivity index (χ2n) is 9.53. The maximum Gasteiger partial charge on any atom is 0.191 e. The van der Waals surface area contributed by atoms with E-state index in [0.717, 1.165) is 44.1 Å². The monoisotopic (exact) mass is 318 g/mol. The third-order valence-electron chi connectivity index (χ3n) is 9.18. The van der Waals surface area contributed by atoms with E-state index in [4.69, 9.17) is 0 Å². The van der Waals surface area contributed by atoms with E-state index in [-0.39, 0.29) is 22.7 Å². The molecule has 4 saturated carbocycles. The van der Waals surface area contributed by atoms with Gasteiger partial charge in [0.05, 0.1) is 6.10 Å². The first kappa shape index (κ1) is 14.6. The molecule has 0 aromatic heterocycles. The van der Waals surface area contributed by atoms with Crippen LogP contribution >= 0.6 is 0 Å². The average molecular weight is 318 g/mol. The molecule has 0 heterocycles. The number of aliphatic hydroxyl groups excluding tert-OH is 1. The number of Topliss-reactive ketones (excluding diaryl/α,β-unsaturated/α-hetero) is 1. The number of halogens is 1. The highest BCUT2D eigenvalue weighted by Gasteiger charge is 2.77. The summed E-state index contributed by atoms with van der Waals surface area (Å²) < 4.78 is 14.5. The fraction of sp³-hybridized carbons (Fsp3) is 0.850. The van der Waals surface area contributed by atoms with Crippen molar-refractivity contribution in [3.63, 3.8) is 0 Å². The molecule has 7 atom stereocenters. The molecule has 0 radical (unpaired) electrons. The zero-order chi connectivity index (χ0) is 16.2. The second kappa shape index (κ2) is 4.09. The maximum absolute atomic E-state index is 14.5. The summed E-state index contributed by atoms with van der Waals surface area (Å²) >= 11 is 0. The van der Waals surface area contributed by atoms with E-state index in [1.54, 1.807) is 0 Å². The summed E-state index contributed by atoms with van der Waals surface area (Å²) in [7, 11) is 0. The number of hydrogen-bond acceptors (Lipinski definition) is 2. The maximum atomic E-state index is 14.5. The van der Waals surface area contributed by atoms with Crippen molar-refractivity contribution in [2.45, 2.75) is 71.3 Å². The molecule has 126 valence electrons. The fourth-order valence-corrected chi connectivity index (χ4v) is 7.85. The van der Waals surface area contributed by atoms with E-state index in [2.05, 4.69) is 13.8 Å². The van der Waals surface area contributed by atoms with Gasteiger partial charge >= 0.3 is 0 Å². The highest BCUT2D eigenvalue weighted by Crippen LogP contribution is 2.82. The summed E-state index contributed by atoms with van der Waals surface area (Å²) in [5.41, 5.74) is 1.13. The van der Waals surface area contributed by atoms with Crippen LogP contribution in [0.15, 0.2) is 11.4 Å². The smallest absolute Gasteiger partial charge is 0.191 e. The third kappa shape index (κ3) is 1.44. The van der Waals surface area contributed by atoms with E-state index in [1.165, 1.54) is 6.42 Å². The lowest BCUT2D eigenvalue weighted by atomic mass is 9.45. The number of carbonyl (C=O) groups excluding carboxylic acids is 1. The minimum Gasteiger partial charge on any atom is -0.393 e. The Hall–Kier alpha value is -0.700. The molecule has 0 bridgehead atoms. The molecule has 1 spiro atoms. The summed E-state index contributed by atoms with van der Waals surface area (Å²) in [4.78, 5) is 11.8. The van der Waals surface area contributed by atoms with Crippen LogP contribution in [-0.4, -0.2) is 17.0 Å². The van der Waals surface area contributed by atoms with Crippen molar-refractivity contribution < 1.29 is 14.3 Å². The Kier molecular flexibility index (Phi) is 2.60. The van der Waals surface area contributed by atoms with Gasteiger partial charge in [-0.1, -0.05) is 13.8 Å². The highest BCUT2D eigenvalue weighted by atomic mass is 19.1. The number of fused-ring (bicyclic) bond motifs is 3. The van der Waals surface area contributed by atoms with Crippen molar-refractivity contribution >= 4 is 5.78 Å². The largest absolute Gasteiger partial charge is 0.393 e. The Morgan fingerprint density at radius 3 is 2.70 bits per heavy atom. The van der Waals surface area contributed by atoms with E-state index < -0.39 is 5.83 Å². The normalized spacial score (nSPS) is 57.5. The first-order chi connectivity index (χ1) is 10.8. The van der Waals surface area contributed by atoms with Gasteiger partial charge in [-0.3, -0.25) is 4.79 Å². The number of carbonyl (C=O) groups is 1. The van der Waals surface area contributed by atoms with Gasteiger partial charge in [-0.25, -0.2) is 4.39 Å². The molecule has 2 unspecified atom stereocenters. The third-order valence-corrected chi connectivity index (χ3v) is 9.18. The van der Waals surface area contributed by atoms with Crippen molar-refractivity contribution in [1.82, 2.24) is 0 Å². The molecule has 3 heteroatoms. The molecule has 0 aromatic rings. The average Bonchev–Trinajstić information content (AvgIpc) is 3.17. The first-order valence-electron chi connectivity index (χ1n) is 9.45. The molecule has 0 aromatic carbocycles. The zero-order valence-electron chi connectivity index (χ0n) is 14.2. The van der Waals surface area contributed by atoms with Gasteiger partial charge in [0.15, 0.2) is 11.6 Å². The summed E-state index contributed by atoms with van der Waals surface area (Å²) in [5.74, 6) is 1.16. The summed E-state index contributed by atoms with van der Waals surface area (Å²) in [6.07, 6.45) is 7.27. The second-order valence-corrected chi connectivity index (χ2v) is 9.53. The molecule has 1 N–H and O–H groups in total. The van der Waals surface area contributed by atoms with Gasteiger partial charge in [0.2, 0.25) is 0 Å². The van der Waals surface area contributed by atoms with Crippen molar-refractivity contribution in [1.29, 1.82) is 0 Å². The van der Waals surface area contributed by atoms with Crippen molar-refractivity contribution in [2.24, 2.45) is 34.0 Å². The Morgan fingerprint density at radius 2 is 1.91 bits per heavy atom. The standard InChI is InChI=1S/C20H27FO2/c1-18-7-6-15(22)17(21)14(18)4-3-13-12(18)5-8-19(2)16(23)9-11-10-20(11,13)19/h11-13,16,23H,3-10H2,1-2H3/t11-,12?,13?,16+,18+,19+,20+/m0/s1. The fourth-order valence-electron chi connectivity index (χ4n) is 7.85. The Morgan fingerprint density at radius 1 is 1.13 bits per heavy atom. The molecule has 0 aliphatic heterocycles. The predicted molar refractivity (Wildman–Crippen MR) is 85.2 cm³/mol. The molecule has 5 aliphatic rings. The highest BCUT2D eigenvalue weighted by molar-refractivity contribution is 5.95. The first-order valence-corrected chi connectivity index (χ1v) is 9.45. The number of hydrogen-bond donors (Lipinski definition) is 1.